The summed E-state index contributed by atoms with van der Waals surface area (Å²) in [7, 11) is 1.33. The number of aryl methyl sites for hydroxylation is 1. The number of piperidine rings is 1. The average Bonchev–Trinajstić information content (AvgIpc) is 3.24. The molecule has 1 saturated heterocycles. The second kappa shape index (κ2) is 7.70. The summed E-state index contributed by atoms with van der Waals surface area (Å²) >= 11 is 0. The first-order valence-electron chi connectivity index (χ1n) is 10.6. The van der Waals surface area contributed by atoms with Gasteiger partial charge in [0.1, 0.15) is 6.04 Å². The number of amides is 2. The Morgan fingerprint density at radius 1 is 1.20 bits per heavy atom. The number of likely N-dealkylation sites (tertiary alicyclic amines) is 1. The molecule has 0 unspecified atom stereocenters. The zero-order chi connectivity index (χ0) is 21.5. The van der Waals surface area contributed by atoms with Gasteiger partial charge in [-0.05, 0) is 63.4 Å². The number of benzene rings is 1. The highest BCUT2D eigenvalue weighted by Crippen LogP contribution is 2.48. The standard InChI is InChI=1S/C23H30N4O3/c1-5-27-19-15-16(2)8-9-18(19)26-12-6-7-20(26)23(27)10-13-25(14-11-23)22(29)24-17(3)21(28)30-4/h6-9,12,15,17H,5,10-11,13-14H2,1-4H3,(H,24,29)/t17-/m1/s1. The monoisotopic (exact) mass is 410 g/mol. The van der Waals surface area contributed by atoms with Gasteiger partial charge in [-0.3, -0.25) is 0 Å². The van der Waals surface area contributed by atoms with Crippen LogP contribution in [0.15, 0.2) is 36.5 Å². The van der Waals surface area contributed by atoms with Crippen molar-refractivity contribution in [1.29, 1.82) is 0 Å². The number of rotatable bonds is 3. The van der Waals surface area contributed by atoms with Crippen LogP contribution in [0.5, 0.6) is 0 Å². The van der Waals surface area contributed by atoms with Gasteiger partial charge < -0.3 is 24.4 Å². The van der Waals surface area contributed by atoms with Gasteiger partial charge in [0, 0.05) is 31.5 Å². The van der Waals surface area contributed by atoms with Gasteiger partial charge >= 0.3 is 12.0 Å². The molecule has 0 bridgehead atoms. The zero-order valence-electron chi connectivity index (χ0n) is 18.1. The maximum Gasteiger partial charge on any atom is 0.328 e. The molecule has 3 heterocycles. The van der Waals surface area contributed by atoms with Crippen molar-refractivity contribution in [2.75, 3.05) is 31.6 Å². The summed E-state index contributed by atoms with van der Waals surface area (Å²) in [4.78, 5) is 28.6. The lowest BCUT2D eigenvalue weighted by molar-refractivity contribution is -0.142. The summed E-state index contributed by atoms with van der Waals surface area (Å²) in [6, 6.07) is 10.1. The SMILES string of the molecule is CCN1c2cc(C)ccc2-n2cccc2C12CCN(C(=O)N[C@H](C)C(=O)OC)CC2. The second-order valence-corrected chi connectivity index (χ2v) is 8.21. The molecule has 1 atom stereocenters. The van der Waals surface area contributed by atoms with Crippen molar-refractivity contribution in [3.63, 3.8) is 0 Å². The Morgan fingerprint density at radius 2 is 1.93 bits per heavy atom. The first kappa shape index (κ1) is 20.3. The molecule has 2 amide bonds. The minimum absolute atomic E-state index is 0.149. The Hall–Kier alpha value is -2.96. The lowest BCUT2D eigenvalue weighted by atomic mass is 9.80. The molecule has 0 saturated carbocycles. The largest absolute Gasteiger partial charge is 0.467 e. The van der Waals surface area contributed by atoms with E-state index in [-0.39, 0.29) is 11.6 Å². The Kier molecular flexibility index (Phi) is 5.22. The average molecular weight is 411 g/mol. The summed E-state index contributed by atoms with van der Waals surface area (Å²) < 4.78 is 7.01. The van der Waals surface area contributed by atoms with Gasteiger partial charge in [0.2, 0.25) is 0 Å². The first-order valence-corrected chi connectivity index (χ1v) is 10.6. The number of nitrogens with one attached hydrogen (secondary N) is 1. The summed E-state index contributed by atoms with van der Waals surface area (Å²) in [5, 5.41) is 2.75. The van der Waals surface area contributed by atoms with Crippen LogP contribution in [0, 0.1) is 6.92 Å². The van der Waals surface area contributed by atoms with Crippen molar-refractivity contribution in [2.24, 2.45) is 0 Å². The summed E-state index contributed by atoms with van der Waals surface area (Å²) in [5.41, 5.74) is 4.83. The van der Waals surface area contributed by atoms with Gasteiger partial charge in [-0.1, -0.05) is 6.07 Å². The second-order valence-electron chi connectivity index (χ2n) is 8.21. The minimum Gasteiger partial charge on any atom is -0.467 e. The van der Waals surface area contributed by atoms with Crippen molar-refractivity contribution in [1.82, 2.24) is 14.8 Å². The van der Waals surface area contributed by atoms with Crippen molar-refractivity contribution in [3.05, 3.63) is 47.8 Å². The fourth-order valence-electron chi connectivity index (χ4n) is 4.98. The summed E-state index contributed by atoms with van der Waals surface area (Å²) in [5.74, 6) is -0.439. The van der Waals surface area contributed by atoms with Gasteiger partial charge in [-0.15, -0.1) is 0 Å². The highest BCUT2D eigenvalue weighted by Gasteiger charge is 2.47. The van der Waals surface area contributed by atoms with E-state index in [1.165, 1.54) is 29.7 Å². The summed E-state index contributed by atoms with van der Waals surface area (Å²) in [6.07, 6.45) is 3.80. The number of aromatic nitrogens is 1. The molecule has 1 N–H and O–H groups in total. The number of hydrogen-bond acceptors (Lipinski definition) is 4. The predicted octanol–water partition coefficient (Wildman–Crippen LogP) is 3.19. The number of methoxy groups -OCH3 is 1. The number of ether oxygens (including phenoxy) is 1. The Morgan fingerprint density at radius 3 is 2.60 bits per heavy atom. The number of urea groups is 1. The van der Waals surface area contributed by atoms with Crippen LogP contribution >= 0.6 is 0 Å². The van der Waals surface area contributed by atoms with Gasteiger partial charge in [0.25, 0.3) is 0 Å². The van der Waals surface area contributed by atoms with E-state index >= 15 is 0 Å². The van der Waals surface area contributed by atoms with E-state index in [0.29, 0.717) is 13.1 Å². The number of hydrogen-bond donors (Lipinski definition) is 1. The van der Waals surface area contributed by atoms with Crippen LogP contribution in [0.25, 0.3) is 5.69 Å². The maximum absolute atomic E-state index is 12.7. The van der Waals surface area contributed by atoms with Crippen LogP contribution in [0.1, 0.15) is 37.9 Å². The molecule has 30 heavy (non-hydrogen) atoms. The fourth-order valence-corrected chi connectivity index (χ4v) is 4.98. The Labute approximate surface area is 177 Å². The molecule has 1 fully saturated rings. The molecule has 7 nitrogen and oxygen atoms in total. The number of esters is 1. The van der Waals surface area contributed by atoms with E-state index < -0.39 is 12.0 Å². The van der Waals surface area contributed by atoms with Gasteiger partial charge in [-0.25, -0.2) is 9.59 Å². The van der Waals surface area contributed by atoms with Crippen LogP contribution in [-0.4, -0.2) is 54.3 Å². The van der Waals surface area contributed by atoms with Crippen molar-refractivity contribution in [3.8, 4) is 5.69 Å². The van der Waals surface area contributed by atoms with E-state index in [1.807, 2.05) is 0 Å². The number of carbonyl (C=O) groups is 2. The van der Waals surface area contributed by atoms with Crippen LogP contribution in [0.3, 0.4) is 0 Å². The topological polar surface area (TPSA) is 66.8 Å². The highest BCUT2D eigenvalue weighted by atomic mass is 16.5. The van der Waals surface area contributed by atoms with Crippen molar-refractivity contribution >= 4 is 17.7 Å². The third-order valence-corrected chi connectivity index (χ3v) is 6.51. The molecule has 160 valence electrons. The van der Waals surface area contributed by atoms with Crippen LogP contribution in [0.2, 0.25) is 0 Å². The number of fused-ring (bicyclic) bond motifs is 4. The Bertz CT molecular complexity index is 959. The number of carbonyl (C=O) groups excluding carboxylic acids is 2. The third-order valence-electron chi connectivity index (χ3n) is 6.51. The van der Waals surface area contributed by atoms with Gasteiger partial charge in [-0.2, -0.15) is 0 Å². The van der Waals surface area contributed by atoms with Gasteiger partial charge in [0.15, 0.2) is 0 Å². The normalized spacial score (nSPS) is 17.9. The number of nitrogens with zero attached hydrogens (tertiary/aromatic N) is 3. The van der Waals surface area contributed by atoms with Crippen LogP contribution in [0.4, 0.5) is 10.5 Å². The van der Waals surface area contributed by atoms with E-state index in [4.69, 9.17) is 4.74 Å². The van der Waals surface area contributed by atoms with E-state index in [9.17, 15) is 9.59 Å². The molecule has 1 spiro atoms. The van der Waals surface area contributed by atoms with Crippen molar-refractivity contribution < 1.29 is 14.3 Å². The summed E-state index contributed by atoms with van der Waals surface area (Å²) in [6.45, 7) is 8.12. The van der Waals surface area contributed by atoms with Crippen LogP contribution in [-0.2, 0) is 15.1 Å². The van der Waals surface area contributed by atoms with E-state index in [1.54, 1.807) is 11.8 Å². The molecule has 0 radical (unpaired) electrons. The predicted molar refractivity (Wildman–Crippen MR) is 116 cm³/mol. The molecule has 4 rings (SSSR count). The maximum atomic E-state index is 12.7. The molecule has 1 aromatic heterocycles. The minimum atomic E-state index is -0.660. The lowest BCUT2D eigenvalue weighted by Gasteiger charge is -2.53. The smallest absolute Gasteiger partial charge is 0.328 e. The Balaban J connectivity index is 1.60. The molecular formula is C23H30N4O3. The molecule has 0 aliphatic carbocycles. The van der Waals surface area contributed by atoms with Crippen molar-refractivity contribution in [2.45, 2.75) is 45.2 Å². The quantitative estimate of drug-likeness (QED) is 0.790. The molecule has 2 aliphatic rings. The fraction of sp³-hybridized carbons (Fsp3) is 0.478. The van der Waals surface area contributed by atoms with Gasteiger partial charge in [0.05, 0.1) is 24.0 Å². The number of anilines is 1. The zero-order valence-corrected chi connectivity index (χ0v) is 18.1. The molecule has 2 aromatic rings. The van der Waals surface area contributed by atoms with E-state index in [2.05, 4.69) is 65.2 Å². The highest BCUT2D eigenvalue weighted by molar-refractivity contribution is 5.83. The third kappa shape index (κ3) is 3.13. The first-order chi connectivity index (χ1) is 14.4. The molecule has 7 heteroatoms. The van der Waals surface area contributed by atoms with Crippen LogP contribution < -0.4 is 10.2 Å². The molecule has 1 aromatic carbocycles. The van der Waals surface area contributed by atoms with E-state index in [0.717, 1.165) is 19.4 Å². The lowest BCUT2D eigenvalue weighted by Crippen LogP contribution is -2.58. The molecule has 2 aliphatic heterocycles. The molecular weight excluding hydrogens is 380 g/mol.